The van der Waals surface area contributed by atoms with Gasteiger partial charge in [-0.15, -0.1) is 0 Å². The average molecular weight is 411 g/mol. The standard InChI is InChI=1S/C22H23ClN4O2/c1-3-26(4-2)20(28)14-24-22(29)19-15-27(18-8-6-5-7-9-18)25-21(19)16-10-12-17(23)13-11-16/h5-13,15H,3-4,14H2,1-2H3,(H,24,29). The van der Waals surface area contributed by atoms with Crippen LogP contribution in [0, 0.1) is 0 Å². The molecule has 29 heavy (non-hydrogen) atoms. The van der Waals surface area contributed by atoms with Gasteiger partial charge in [-0.2, -0.15) is 5.10 Å². The highest BCUT2D eigenvalue weighted by atomic mass is 35.5. The van der Waals surface area contributed by atoms with E-state index in [1.165, 1.54) is 0 Å². The van der Waals surface area contributed by atoms with E-state index < -0.39 is 0 Å². The van der Waals surface area contributed by atoms with Crippen molar-refractivity contribution in [2.24, 2.45) is 0 Å². The molecule has 0 unspecified atom stereocenters. The monoisotopic (exact) mass is 410 g/mol. The molecule has 2 amide bonds. The SMILES string of the molecule is CCN(CC)C(=O)CNC(=O)c1cn(-c2ccccc2)nc1-c1ccc(Cl)cc1. The number of rotatable bonds is 7. The van der Waals surface area contributed by atoms with Crippen LogP contribution < -0.4 is 5.32 Å². The molecule has 0 aliphatic heterocycles. The highest BCUT2D eigenvalue weighted by Gasteiger charge is 2.20. The fourth-order valence-electron chi connectivity index (χ4n) is 3.01. The van der Waals surface area contributed by atoms with Crippen molar-refractivity contribution in [1.29, 1.82) is 0 Å². The fourth-order valence-corrected chi connectivity index (χ4v) is 3.14. The van der Waals surface area contributed by atoms with E-state index in [-0.39, 0.29) is 18.4 Å². The van der Waals surface area contributed by atoms with Crippen molar-refractivity contribution in [1.82, 2.24) is 20.0 Å². The Morgan fingerprint density at radius 3 is 2.31 bits per heavy atom. The Morgan fingerprint density at radius 2 is 1.69 bits per heavy atom. The first-order valence-corrected chi connectivity index (χ1v) is 9.88. The van der Waals surface area contributed by atoms with Crippen molar-refractivity contribution in [3.63, 3.8) is 0 Å². The predicted molar refractivity (Wildman–Crippen MR) is 114 cm³/mol. The van der Waals surface area contributed by atoms with E-state index in [0.29, 0.717) is 29.4 Å². The molecule has 1 aromatic heterocycles. The van der Waals surface area contributed by atoms with Crippen LogP contribution in [0.25, 0.3) is 16.9 Å². The molecule has 3 aromatic rings. The lowest BCUT2D eigenvalue weighted by Gasteiger charge is -2.18. The zero-order valence-electron chi connectivity index (χ0n) is 16.4. The zero-order chi connectivity index (χ0) is 20.8. The first kappa shape index (κ1) is 20.6. The highest BCUT2D eigenvalue weighted by molar-refractivity contribution is 6.30. The van der Waals surface area contributed by atoms with Gasteiger partial charge in [0.2, 0.25) is 5.91 Å². The molecule has 1 N–H and O–H groups in total. The molecule has 0 atom stereocenters. The van der Waals surface area contributed by atoms with Gasteiger partial charge in [0.05, 0.1) is 17.8 Å². The smallest absolute Gasteiger partial charge is 0.255 e. The lowest BCUT2D eigenvalue weighted by molar-refractivity contribution is -0.129. The minimum absolute atomic E-state index is 0.0584. The van der Waals surface area contributed by atoms with E-state index in [1.54, 1.807) is 27.9 Å². The molecule has 0 spiro atoms. The Kier molecular flexibility index (Phi) is 6.67. The number of amides is 2. The molecule has 3 rings (SSSR count). The second-order valence-electron chi connectivity index (χ2n) is 6.43. The number of likely N-dealkylation sites (N-methyl/N-ethyl adjacent to an activating group) is 1. The Labute approximate surface area is 175 Å². The number of carbonyl (C=O) groups is 2. The molecule has 2 aromatic carbocycles. The number of para-hydroxylation sites is 1. The van der Waals surface area contributed by atoms with Gasteiger partial charge in [-0.05, 0) is 38.1 Å². The molecule has 1 heterocycles. The van der Waals surface area contributed by atoms with Crippen LogP contribution >= 0.6 is 11.6 Å². The van der Waals surface area contributed by atoms with Crippen molar-refractivity contribution >= 4 is 23.4 Å². The maximum absolute atomic E-state index is 12.9. The molecular formula is C22H23ClN4O2. The molecule has 6 nitrogen and oxygen atoms in total. The molecule has 0 bridgehead atoms. The van der Waals surface area contributed by atoms with Gasteiger partial charge < -0.3 is 10.2 Å². The molecule has 0 fully saturated rings. The van der Waals surface area contributed by atoms with Gasteiger partial charge in [-0.3, -0.25) is 9.59 Å². The largest absolute Gasteiger partial charge is 0.343 e. The topological polar surface area (TPSA) is 67.2 Å². The molecule has 7 heteroatoms. The van der Waals surface area contributed by atoms with Crippen LogP contribution in [0.3, 0.4) is 0 Å². The highest BCUT2D eigenvalue weighted by Crippen LogP contribution is 2.25. The van der Waals surface area contributed by atoms with Crippen LogP contribution in [0.4, 0.5) is 0 Å². The summed E-state index contributed by atoms with van der Waals surface area (Å²) < 4.78 is 1.66. The summed E-state index contributed by atoms with van der Waals surface area (Å²) in [6, 6.07) is 16.7. The number of nitrogens with one attached hydrogen (secondary N) is 1. The molecule has 0 aliphatic carbocycles. The zero-order valence-corrected chi connectivity index (χ0v) is 17.2. The first-order chi connectivity index (χ1) is 14.0. The second-order valence-corrected chi connectivity index (χ2v) is 6.86. The fraction of sp³-hybridized carbons (Fsp3) is 0.227. The molecule has 0 aliphatic rings. The predicted octanol–water partition coefficient (Wildman–Crippen LogP) is 3.79. The Bertz CT molecular complexity index is 980. The minimum Gasteiger partial charge on any atom is -0.343 e. The third kappa shape index (κ3) is 4.84. The number of carbonyl (C=O) groups excluding carboxylic acids is 2. The number of halogens is 1. The summed E-state index contributed by atoms with van der Waals surface area (Å²) in [6.45, 7) is 4.97. The van der Waals surface area contributed by atoms with E-state index in [2.05, 4.69) is 10.4 Å². The Morgan fingerprint density at radius 1 is 1.03 bits per heavy atom. The van der Waals surface area contributed by atoms with Crippen LogP contribution in [0.5, 0.6) is 0 Å². The summed E-state index contributed by atoms with van der Waals surface area (Å²) in [7, 11) is 0. The van der Waals surface area contributed by atoms with Crippen LogP contribution in [0.15, 0.2) is 60.8 Å². The number of aromatic nitrogens is 2. The van der Waals surface area contributed by atoms with E-state index in [0.717, 1.165) is 11.3 Å². The minimum atomic E-state index is -0.349. The van der Waals surface area contributed by atoms with Crippen molar-refractivity contribution in [2.75, 3.05) is 19.6 Å². The number of hydrogen-bond donors (Lipinski definition) is 1. The van der Waals surface area contributed by atoms with Crippen molar-refractivity contribution in [2.45, 2.75) is 13.8 Å². The first-order valence-electron chi connectivity index (χ1n) is 9.50. The summed E-state index contributed by atoms with van der Waals surface area (Å²) in [6.07, 6.45) is 1.68. The summed E-state index contributed by atoms with van der Waals surface area (Å²) in [4.78, 5) is 26.8. The van der Waals surface area contributed by atoms with Gasteiger partial charge in [-0.25, -0.2) is 4.68 Å². The van der Waals surface area contributed by atoms with Gasteiger partial charge in [0.25, 0.3) is 5.91 Å². The molecular weight excluding hydrogens is 388 g/mol. The van der Waals surface area contributed by atoms with Gasteiger partial charge in [0.1, 0.15) is 5.69 Å². The number of hydrogen-bond acceptors (Lipinski definition) is 3. The van der Waals surface area contributed by atoms with Crippen LogP contribution in [0.2, 0.25) is 5.02 Å². The maximum Gasteiger partial charge on any atom is 0.255 e. The van der Waals surface area contributed by atoms with E-state index >= 15 is 0 Å². The maximum atomic E-state index is 12.9. The lowest BCUT2D eigenvalue weighted by atomic mass is 10.1. The van der Waals surface area contributed by atoms with Gasteiger partial charge in [0.15, 0.2) is 0 Å². The molecule has 0 saturated heterocycles. The second kappa shape index (κ2) is 9.39. The summed E-state index contributed by atoms with van der Waals surface area (Å²) >= 11 is 6.00. The van der Waals surface area contributed by atoms with Gasteiger partial charge in [-0.1, -0.05) is 41.9 Å². The summed E-state index contributed by atoms with van der Waals surface area (Å²) in [5.41, 5.74) is 2.52. The summed E-state index contributed by atoms with van der Waals surface area (Å²) in [5.74, 6) is -0.468. The number of nitrogens with zero attached hydrogens (tertiary/aromatic N) is 3. The number of benzene rings is 2. The average Bonchev–Trinajstić information content (AvgIpc) is 3.19. The quantitative estimate of drug-likeness (QED) is 0.644. The van der Waals surface area contributed by atoms with Crippen molar-refractivity contribution in [3.8, 4) is 16.9 Å². The van der Waals surface area contributed by atoms with Gasteiger partial charge in [0, 0.05) is 29.9 Å². The van der Waals surface area contributed by atoms with Crippen LogP contribution in [0.1, 0.15) is 24.2 Å². The molecule has 150 valence electrons. The third-order valence-corrected chi connectivity index (χ3v) is 4.87. The van der Waals surface area contributed by atoms with E-state index in [1.807, 2.05) is 56.3 Å². The normalized spacial score (nSPS) is 10.6. The van der Waals surface area contributed by atoms with Crippen LogP contribution in [-0.4, -0.2) is 46.1 Å². The van der Waals surface area contributed by atoms with Crippen LogP contribution in [-0.2, 0) is 4.79 Å². The van der Waals surface area contributed by atoms with E-state index in [4.69, 9.17) is 11.6 Å². The lowest BCUT2D eigenvalue weighted by Crippen LogP contribution is -2.40. The summed E-state index contributed by atoms with van der Waals surface area (Å²) in [5, 5.41) is 7.94. The molecule has 0 saturated carbocycles. The van der Waals surface area contributed by atoms with Crippen molar-refractivity contribution in [3.05, 3.63) is 71.4 Å². The van der Waals surface area contributed by atoms with Gasteiger partial charge >= 0.3 is 0 Å². The van der Waals surface area contributed by atoms with E-state index in [9.17, 15) is 9.59 Å². The Hall–Kier alpha value is -3.12. The Balaban J connectivity index is 1.91. The van der Waals surface area contributed by atoms with Crippen molar-refractivity contribution < 1.29 is 9.59 Å². The molecule has 0 radical (unpaired) electrons. The third-order valence-electron chi connectivity index (χ3n) is 4.61.